The van der Waals surface area contributed by atoms with Gasteiger partial charge in [-0.15, -0.1) is 0 Å². The van der Waals surface area contributed by atoms with E-state index in [1.54, 1.807) is 0 Å². The van der Waals surface area contributed by atoms with Crippen molar-refractivity contribution in [3.8, 4) is 0 Å². The van der Waals surface area contributed by atoms with Crippen molar-refractivity contribution >= 4 is 0 Å². The van der Waals surface area contributed by atoms with Crippen LogP contribution in [0.25, 0.3) is 0 Å². The Labute approximate surface area is 79.5 Å². The lowest BCUT2D eigenvalue weighted by Gasteiger charge is -2.12. The van der Waals surface area contributed by atoms with Crippen molar-refractivity contribution in [2.24, 2.45) is 0 Å². The number of furan rings is 1. The first-order valence-electron chi connectivity index (χ1n) is 4.66. The summed E-state index contributed by atoms with van der Waals surface area (Å²) in [6.45, 7) is 2.96. The van der Waals surface area contributed by atoms with Crippen molar-refractivity contribution in [3.05, 3.63) is 23.7 Å². The van der Waals surface area contributed by atoms with E-state index in [0.29, 0.717) is 6.04 Å². The molecule has 0 radical (unpaired) electrons. The molecule has 1 aromatic heterocycles. The van der Waals surface area contributed by atoms with E-state index >= 15 is 0 Å². The second-order valence-corrected chi connectivity index (χ2v) is 3.18. The molecule has 1 rings (SSSR count). The Morgan fingerprint density at radius 2 is 2.15 bits per heavy atom. The highest BCUT2D eigenvalue weighted by Crippen LogP contribution is 2.18. The molecule has 0 aliphatic heterocycles. The molecule has 0 saturated carbocycles. The van der Waals surface area contributed by atoms with Crippen LogP contribution in [0.5, 0.6) is 0 Å². The summed E-state index contributed by atoms with van der Waals surface area (Å²) in [4.78, 5) is 0. The van der Waals surface area contributed by atoms with Gasteiger partial charge in [0, 0.05) is 0 Å². The second-order valence-electron chi connectivity index (χ2n) is 3.18. The molecule has 1 heterocycles. The van der Waals surface area contributed by atoms with Crippen LogP contribution in [-0.2, 0) is 0 Å². The third-order valence-corrected chi connectivity index (χ3v) is 2.14. The Hall–Kier alpha value is -0.800. The molecule has 74 valence electrons. The summed E-state index contributed by atoms with van der Waals surface area (Å²) in [6, 6.07) is 4.35. The molecule has 1 unspecified atom stereocenters. The molecule has 0 saturated heterocycles. The molecule has 0 aliphatic carbocycles. The highest BCUT2D eigenvalue weighted by Gasteiger charge is 2.11. The van der Waals surface area contributed by atoms with E-state index < -0.39 is 0 Å². The van der Waals surface area contributed by atoms with Gasteiger partial charge in [0.1, 0.15) is 11.5 Å². The summed E-state index contributed by atoms with van der Waals surface area (Å²) < 4.78 is 5.54. The number of aryl methyl sites for hydroxylation is 1. The summed E-state index contributed by atoms with van der Waals surface area (Å²) in [6.07, 6.45) is 1.04. The maximum Gasteiger partial charge on any atom is 0.121 e. The van der Waals surface area contributed by atoms with Gasteiger partial charge in [-0.05, 0) is 46.1 Å². The van der Waals surface area contributed by atoms with E-state index in [0.717, 1.165) is 24.5 Å². The summed E-state index contributed by atoms with van der Waals surface area (Å²) in [7, 11) is 3.91. The van der Waals surface area contributed by atoms with Crippen LogP contribution in [0.1, 0.15) is 24.0 Å². The van der Waals surface area contributed by atoms with Gasteiger partial charge >= 0.3 is 0 Å². The van der Waals surface area contributed by atoms with E-state index in [9.17, 15) is 0 Å². The molecule has 3 nitrogen and oxygen atoms in total. The van der Waals surface area contributed by atoms with Crippen molar-refractivity contribution in [2.45, 2.75) is 19.4 Å². The predicted molar refractivity (Wildman–Crippen MR) is 53.8 cm³/mol. The average Bonchev–Trinajstić information content (AvgIpc) is 2.54. The van der Waals surface area contributed by atoms with Crippen LogP contribution in [0.4, 0.5) is 0 Å². The van der Waals surface area contributed by atoms with E-state index in [2.05, 4.69) is 10.6 Å². The van der Waals surface area contributed by atoms with Crippen molar-refractivity contribution in [1.29, 1.82) is 0 Å². The largest absolute Gasteiger partial charge is 0.465 e. The fourth-order valence-electron chi connectivity index (χ4n) is 1.36. The molecule has 1 atom stereocenters. The van der Waals surface area contributed by atoms with Crippen LogP contribution in [0.15, 0.2) is 16.5 Å². The Morgan fingerprint density at radius 1 is 1.38 bits per heavy atom. The Kier molecular flexibility index (Phi) is 3.99. The highest BCUT2D eigenvalue weighted by atomic mass is 16.3. The quantitative estimate of drug-likeness (QED) is 0.724. The van der Waals surface area contributed by atoms with E-state index in [-0.39, 0.29) is 0 Å². The fourth-order valence-corrected chi connectivity index (χ4v) is 1.36. The summed E-state index contributed by atoms with van der Waals surface area (Å²) in [5.74, 6) is 2.00. The van der Waals surface area contributed by atoms with Crippen molar-refractivity contribution in [3.63, 3.8) is 0 Å². The molecular weight excluding hydrogens is 164 g/mol. The minimum Gasteiger partial charge on any atom is -0.465 e. The summed E-state index contributed by atoms with van der Waals surface area (Å²) in [5.41, 5.74) is 0. The Bertz CT molecular complexity index is 245. The van der Waals surface area contributed by atoms with Gasteiger partial charge in [0.25, 0.3) is 0 Å². The van der Waals surface area contributed by atoms with E-state index in [1.165, 1.54) is 0 Å². The summed E-state index contributed by atoms with van der Waals surface area (Å²) in [5, 5.41) is 6.36. The Balaban J connectivity index is 2.56. The molecule has 3 heteroatoms. The molecule has 0 bridgehead atoms. The van der Waals surface area contributed by atoms with Gasteiger partial charge in [-0.2, -0.15) is 0 Å². The molecular formula is C10H18N2O. The lowest BCUT2D eigenvalue weighted by molar-refractivity contribution is 0.399. The van der Waals surface area contributed by atoms with Gasteiger partial charge in [0.15, 0.2) is 0 Å². The molecule has 0 spiro atoms. The van der Waals surface area contributed by atoms with Gasteiger partial charge in [0.05, 0.1) is 6.04 Å². The van der Waals surface area contributed by atoms with E-state index in [4.69, 9.17) is 4.42 Å². The van der Waals surface area contributed by atoms with Crippen molar-refractivity contribution in [2.75, 3.05) is 20.6 Å². The standard InChI is InChI=1S/C10H18N2O/c1-8-4-5-10(13-8)9(12-3)6-7-11-2/h4-5,9,11-12H,6-7H2,1-3H3. The maximum absolute atomic E-state index is 5.54. The van der Waals surface area contributed by atoms with Crippen LogP contribution in [0.3, 0.4) is 0 Å². The predicted octanol–water partition coefficient (Wildman–Crippen LogP) is 1.46. The molecule has 0 fully saturated rings. The van der Waals surface area contributed by atoms with Crippen LogP contribution in [0.2, 0.25) is 0 Å². The number of hydrogen-bond donors (Lipinski definition) is 2. The topological polar surface area (TPSA) is 37.2 Å². The smallest absolute Gasteiger partial charge is 0.121 e. The first kappa shape index (κ1) is 10.3. The average molecular weight is 182 g/mol. The number of rotatable bonds is 5. The number of hydrogen-bond acceptors (Lipinski definition) is 3. The maximum atomic E-state index is 5.54. The third kappa shape index (κ3) is 2.86. The third-order valence-electron chi connectivity index (χ3n) is 2.14. The molecule has 1 aromatic rings. The molecule has 0 amide bonds. The van der Waals surface area contributed by atoms with Gasteiger partial charge in [-0.1, -0.05) is 0 Å². The van der Waals surface area contributed by atoms with Crippen LogP contribution >= 0.6 is 0 Å². The van der Waals surface area contributed by atoms with E-state index in [1.807, 2.05) is 33.2 Å². The first-order chi connectivity index (χ1) is 6.27. The zero-order chi connectivity index (χ0) is 9.68. The minimum atomic E-state index is 0.321. The lowest BCUT2D eigenvalue weighted by Crippen LogP contribution is -2.21. The zero-order valence-corrected chi connectivity index (χ0v) is 8.55. The molecule has 2 N–H and O–H groups in total. The number of nitrogens with one attached hydrogen (secondary N) is 2. The SMILES string of the molecule is CNCCC(NC)c1ccc(C)o1. The van der Waals surface area contributed by atoms with Gasteiger partial charge in [0.2, 0.25) is 0 Å². The summed E-state index contributed by atoms with van der Waals surface area (Å²) >= 11 is 0. The zero-order valence-electron chi connectivity index (χ0n) is 8.55. The second kappa shape index (κ2) is 5.04. The molecule has 0 aliphatic rings. The first-order valence-corrected chi connectivity index (χ1v) is 4.66. The van der Waals surface area contributed by atoms with Gasteiger partial charge in [-0.25, -0.2) is 0 Å². The fraction of sp³-hybridized carbons (Fsp3) is 0.600. The van der Waals surface area contributed by atoms with Gasteiger partial charge in [-0.3, -0.25) is 0 Å². The van der Waals surface area contributed by atoms with Crippen LogP contribution < -0.4 is 10.6 Å². The van der Waals surface area contributed by atoms with Crippen LogP contribution in [-0.4, -0.2) is 20.6 Å². The van der Waals surface area contributed by atoms with Gasteiger partial charge < -0.3 is 15.1 Å². The lowest BCUT2D eigenvalue weighted by atomic mass is 10.1. The monoisotopic (exact) mass is 182 g/mol. The minimum absolute atomic E-state index is 0.321. The van der Waals surface area contributed by atoms with Crippen molar-refractivity contribution < 1.29 is 4.42 Å². The molecule has 13 heavy (non-hydrogen) atoms. The van der Waals surface area contributed by atoms with Crippen LogP contribution in [0, 0.1) is 6.92 Å². The Morgan fingerprint density at radius 3 is 2.62 bits per heavy atom. The highest BCUT2D eigenvalue weighted by molar-refractivity contribution is 5.09. The van der Waals surface area contributed by atoms with Crippen molar-refractivity contribution in [1.82, 2.24) is 10.6 Å². The normalized spacial score (nSPS) is 13.2. The molecule has 0 aromatic carbocycles.